The van der Waals surface area contributed by atoms with Gasteiger partial charge in [-0.2, -0.15) is 5.26 Å². The molecule has 1 heterocycles. The van der Waals surface area contributed by atoms with Gasteiger partial charge in [0.1, 0.15) is 11.6 Å². The van der Waals surface area contributed by atoms with E-state index in [0.29, 0.717) is 6.20 Å². The molecule has 0 aromatic carbocycles. The van der Waals surface area contributed by atoms with Crippen molar-refractivity contribution in [1.29, 1.82) is 5.26 Å². The number of hydrogen-bond acceptors (Lipinski definition) is 5. The summed E-state index contributed by atoms with van der Waals surface area (Å²) < 4.78 is 46.6. The van der Waals surface area contributed by atoms with Crippen LogP contribution in [0.5, 0.6) is 0 Å². The van der Waals surface area contributed by atoms with E-state index in [4.69, 9.17) is 21.7 Å². The lowest BCUT2D eigenvalue weighted by molar-refractivity contribution is 0.151. The number of rotatable bonds is 2. The first-order chi connectivity index (χ1) is 7.29. The van der Waals surface area contributed by atoms with Crippen LogP contribution in [0.3, 0.4) is 0 Å². The smallest absolute Gasteiger partial charge is 0.280 e. The maximum Gasteiger partial charge on any atom is 0.280 e. The summed E-state index contributed by atoms with van der Waals surface area (Å²) in [6.07, 6.45) is -2.37. The Balaban J connectivity index is 3.62. The Morgan fingerprint density at radius 2 is 2.12 bits per heavy atom. The van der Waals surface area contributed by atoms with Crippen molar-refractivity contribution in [2.75, 3.05) is 5.73 Å². The summed E-state index contributed by atoms with van der Waals surface area (Å²) >= 11 is 0. The zero-order valence-electron chi connectivity index (χ0n) is 7.49. The standard InChI is InChI=1S/C7H4ClF2N3O2S/c8-16(14,15)7-3(1-11)5(12)4(2-13-7)6(9)10/h2,6H,(H2,12,13). The molecule has 0 spiro atoms. The molecule has 1 aromatic heterocycles. The third kappa shape index (κ3) is 2.20. The number of nitrogens with zero attached hydrogens (tertiary/aromatic N) is 2. The number of halogens is 3. The van der Waals surface area contributed by atoms with E-state index >= 15 is 0 Å². The first-order valence-corrected chi connectivity index (χ1v) is 6.01. The van der Waals surface area contributed by atoms with Crippen molar-refractivity contribution < 1.29 is 17.2 Å². The third-order valence-electron chi connectivity index (χ3n) is 1.69. The second-order valence-electron chi connectivity index (χ2n) is 2.66. The fourth-order valence-corrected chi connectivity index (χ4v) is 1.92. The molecule has 1 aromatic rings. The van der Waals surface area contributed by atoms with Crippen LogP contribution in [0.15, 0.2) is 11.2 Å². The third-order valence-corrected chi connectivity index (χ3v) is 2.90. The van der Waals surface area contributed by atoms with E-state index in [1.54, 1.807) is 0 Å². The Kier molecular flexibility index (Phi) is 3.30. The van der Waals surface area contributed by atoms with E-state index in [2.05, 4.69) is 4.98 Å². The quantitative estimate of drug-likeness (QED) is 0.817. The highest BCUT2D eigenvalue weighted by Crippen LogP contribution is 2.30. The van der Waals surface area contributed by atoms with Gasteiger partial charge in [-0.25, -0.2) is 22.2 Å². The van der Waals surface area contributed by atoms with Crippen LogP contribution in [0, 0.1) is 11.3 Å². The Morgan fingerprint density at radius 1 is 1.56 bits per heavy atom. The molecule has 5 nitrogen and oxygen atoms in total. The van der Waals surface area contributed by atoms with Gasteiger partial charge in [0.05, 0.1) is 11.3 Å². The van der Waals surface area contributed by atoms with Crippen molar-refractivity contribution in [2.45, 2.75) is 11.5 Å². The molecular formula is C7H4ClF2N3O2S. The molecular weight excluding hydrogens is 264 g/mol. The van der Waals surface area contributed by atoms with Crippen LogP contribution >= 0.6 is 10.7 Å². The summed E-state index contributed by atoms with van der Waals surface area (Å²) in [5, 5.41) is 7.81. The number of nitrogen functional groups attached to an aromatic ring is 1. The van der Waals surface area contributed by atoms with Gasteiger partial charge in [0.2, 0.25) is 0 Å². The first kappa shape index (κ1) is 12.6. The predicted molar refractivity (Wildman–Crippen MR) is 51.4 cm³/mol. The molecule has 0 bridgehead atoms. The van der Waals surface area contributed by atoms with Crippen LogP contribution in [0.2, 0.25) is 0 Å². The van der Waals surface area contributed by atoms with Crippen molar-refractivity contribution in [3.8, 4) is 6.07 Å². The summed E-state index contributed by atoms with van der Waals surface area (Å²) in [5.74, 6) is 0. The number of hydrogen-bond donors (Lipinski definition) is 1. The van der Waals surface area contributed by atoms with E-state index in [1.807, 2.05) is 0 Å². The molecule has 9 heteroatoms. The Morgan fingerprint density at radius 3 is 2.50 bits per heavy atom. The summed E-state index contributed by atoms with van der Waals surface area (Å²) in [4.78, 5) is 3.20. The van der Waals surface area contributed by atoms with Crippen LogP contribution in [0.4, 0.5) is 14.5 Å². The van der Waals surface area contributed by atoms with Gasteiger partial charge in [0.15, 0.2) is 5.03 Å². The van der Waals surface area contributed by atoms with Gasteiger partial charge in [-0.15, -0.1) is 0 Å². The number of alkyl halides is 2. The summed E-state index contributed by atoms with van der Waals surface area (Å²) in [7, 11) is 0.665. The first-order valence-electron chi connectivity index (χ1n) is 3.70. The monoisotopic (exact) mass is 267 g/mol. The Hall–Kier alpha value is -1.46. The number of aromatic nitrogens is 1. The van der Waals surface area contributed by atoms with Gasteiger partial charge in [-0.05, 0) is 0 Å². The van der Waals surface area contributed by atoms with Crippen LogP contribution in [0.1, 0.15) is 17.6 Å². The van der Waals surface area contributed by atoms with Crippen molar-refractivity contribution in [2.24, 2.45) is 0 Å². The molecule has 0 amide bonds. The maximum atomic E-state index is 12.4. The van der Waals surface area contributed by atoms with Crippen LogP contribution in [-0.4, -0.2) is 13.4 Å². The summed E-state index contributed by atoms with van der Waals surface area (Å²) in [5.41, 5.74) is 3.21. The minimum Gasteiger partial charge on any atom is -0.397 e. The second kappa shape index (κ2) is 4.19. The minimum atomic E-state index is -4.30. The van der Waals surface area contributed by atoms with E-state index in [1.165, 1.54) is 6.07 Å². The number of nitriles is 1. The zero-order chi connectivity index (χ0) is 12.5. The predicted octanol–water partition coefficient (Wildman–Crippen LogP) is 1.40. The largest absolute Gasteiger partial charge is 0.397 e. The number of anilines is 1. The normalized spacial score (nSPS) is 11.4. The van der Waals surface area contributed by atoms with Crippen LogP contribution in [-0.2, 0) is 9.05 Å². The molecule has 0 aliphatic rings. The molecule has 2 N–H and O–H groups in total. The molecule has 1 rings (SSSR count). The van der Waals surface area contributed by atoms with Gasteiger partial charge in [-0.3, -0.25) is 0 Å². The minimum absolute atomic E-state index is 0.579. The highest BCUT2D eigenvalue weighted by Gasteiger charge is 2.24. The molecule has 0 unspecified atom stereocenters. The Labute approximate surface area is 93.9 Å². The Bertz CT molecular complexity index is 568. The van der Waals surface area contributed by atoms with E-state index in [0.717, 1.165) is 0 Å². The average Bonchev–Trinajstić information content (AvgIpc) is 2.15. The average molecular weight is 268 g/mol. The molecule has 86 valence electrons. The van der Waals surface area contributed by atoms with E-state index < -0.39 is 37.3 Å². The lowest BCUT2D eigenvalue weighted by Gasteiger charge is -2.07. The maximum absolute atomic E-state index is 12.4. The second-order valence-corrected chi connectivity index (χ2v) is 5.14. The number of pyridine rings is 1. The van der Waals surface area contributed by atoms with Crippen molar-refractivity contribution in [3.63, 3.8) is 0 Å². The van der Waals surface area contributed by atoms with Gasteiger partial charge in [0, 0.05) is 16.9 Å². The van der Waals surface area contributed by atoms with Crippen molar-refractivity contribution >= 4 is 25.4 Å². The molecule has 0 fully saturated rings. The zero-order valence-corrected chi connectivity index (χ0v) is 9.06. The van der Waals surface area contributed by atoms with E-state index in [9.17, 15) is 17.2 Å². The van der Waals surface area contributed by atoms with E-state index in [-0.39, 0.29) is 0 Å². The highest BCUT2D eigenvalue weighted by molar-refractivity contribution is 8.13. The van der Waals surface area contributed by atoms with Crippen molar-refractivity contribution in [1.82, 2.24) is 4.98 Å². The SMILES string of the molecule is N#Cc1c(S(=O)(=O)Cl)ncc(C(F)F)c1N. The molecule has 0 saturated carbocycles. The molecule has 16 heavy (non-hydrogen) atoms. The fraction of sp³-hybridized carbons (Fsp3) is 0.143. The van der Waals surface area contributed by atoms with Crippen LogP contribution in [0.25, 0.3) is 0 Å². The van der Waals surface area contributed by atoms with Crippen molar-refractivity contribution in [3.05, 3.63) is 17.3 Å². The highest BCUT2D eigenvalue weighted by atomic mass is 35.7. The topological polar surface area (TPSA) is 96.8 Å². The lowest BCUT2D eigenvalue weighted by atomic mass is 10.1. The fourth-order valence-electron chi connectivity index (χ4n) is 0.989. The van der Waals surface area contributed by atoms with Gasteiger partial charge in [-0.1, -0.05) is 0 Å². The molecule has 0 aliphatic heterocycles. The van der Waals surface area contributed by atoms with Gasteiger partial charge >= 0.3 is 0 Å². The van der Waals surface area contributed by atoms with Gasteiger partial charge < -0.3 is 5.73 Å². The molecule has 0 atom stereocenters. The molecule has 0 radical (unpaired) electrons. The number of nitrogens with two attached hydrogens (primary N) is 1. The lowest BCUT2D eigenvalue weighted by Crippen LogP contribution is -2.06. The molecule has 0 aliphatic carbocycles. The molecule has 0 saturated heterocycles. The van der Waals surface area contributed by atoms with Crippen LogP contribution < -0.4 is 5.73 Å². The summed E-state index contributed by atoms with van der Waals surface area (Å²) in [6.45, 7) is 0. The van der Waals surface area contributed by atoms with Gasteiger partial charge in [0.25, 0.3) is 15.5 Å². The summed E-state index contributed by atoms with van der Waals surface area (Å²) in [6, 6.07) is 1.38.